The SMILES string of the molecule is CC1(C)C2C(=O)N(Cc3cc4nccc(-c5cc(Cl)cc6c5N(CC5(F)CCNCC5)CC6)c4s3)C(=O)C21.O=C(O)C(F)(F)F. The first kappa shape index (κ1) is 31.7. The molecule has 8 nitrogen and oxygen atoms in total. The average molecular weight is 667 g/mol. The number of hydrogen-bond acceptors (Lipinski definition) is 7. The fraction of sp³-hybridized carbons (Fsp3) is 0.484. The Kier molecular flexibility index (Phi) is 7.89. The monoisotopic (exact) mass is 666 g/mol. The van der Waals surface area contributed by atoms with Crippen LogP contribution >= 0.6 is 22.9 Å². The Labute approximate surface area is 265 Å². The second-order valence-electron chi connectivity index (χ2n) is 12.7. The molecule has 1 saturated carbocycles. The van der Waals surface area contributed by atoms with Crippen molar-refractivity contribution < 1.29 is 37.1 Å². The summed E-state index contributed by atoms with van der Waals surface area (Å²) in [5, 5.41) is 11.1. The van der Waals surface area contributed by atoms with Crippen molar-refractivity contribution in [3.8, 4) is 11.1 Å². The number of aromatic nitrogens is 1. The molecule has 2 amide bonds. The topological polar surface area (TPSA) is 103 Å². The highest BCUT2D eigenvalue weighted by Crippen LogP contribution is 2.63. The Morgan fingerprint density at radius 3 is 2.40 bits per heavy atom. The van der Waals surface area contributed by atoms with Crippen molar-refractivity contribution in [3.05, 3.63) is 45.9 Å². The molecule has 5 heterocycles. The molecule has 7 rings (SSSR count). The van der Waals surface area contributed by atoms with E-state index in [4.69, 9.17) is 21.5 Å². The molecule has 2 unspecified atom stereocenters. The van der Waals surface area contributed by atoms with Crippen molar-refractivity contribution in [2.24, 2.45) is 17.3 Å². The van der Waals surface area contributed by atoms with E-state index in [1.54, 1.807) is 17.5 Å². The van der Waals surface area contributed by atoms with Gasteiger partial charge in [-0.2, -0.15) is 13.2 Å². The molecular weight excluding hydrogens is 636 g/mol. The van der Waals surface area contributed by atoms with Gasteiger partial charge in [-0.25, -0.2) is 9.18 Å². The molecule has 1 aliphatic carbocycles. The van der Waals surface area contributed by atoms with E-state index in [9.17, 15) is 22.8 Å². The highest BCUT2D eigenvalue weighted by molar-refractivity contribution is 7.19. The Bertz CT molecular complexity index is 1680. The van der Waals surface area contributed by atoms with Crippen molar-refractivity contribution in [1.82, 2.24) is 15.2 Å². The molecule has 14 heteroatoms. The number of carboxylic acid groups (broad SMARTS) is 1. The van der Waals surface area contributed by atoms with Crippen LogP contribution in [-0.2, 0) is 27.3 Å². The van der Waals surface area contributed by atoms with Crippen molar-refractivity contribution in [2.75, 3.05) is 31.1 Å². The molecule has 0 bridgehead atoms. The smallest absolute Gasteiger partial charge is 0.475 e. The lowest BCUT2D eigenvalue weighted by Gasteiger charge is -2.35. The van der Waals surface area contributed by atoms with E-state index < -0.39 is 17.8 Å². The summed E-state index contributed by atoms with van der Waals surface area (Å²) in [6, 6.07) is 7.95. The second kappa shape index (κ2) is 11.2. The van der Waals surface area contributed by atoms with Gasteiger partial charge >= 0.3 is 12.1 Å². The number of carbonyl (C=O) groups excluding carboxylic acids is 2. The zero-order valence-electron chi connectivity index (χ0n) is 24.5. The average Bonchev–Trinajstić information content (AvgIpc) is 3.29. The molecule has 2 N–H and O–H groups in total. The molecule has 3 fully saturated rings. The number of carboxylic acids is 1. The van der Waals surface area contributed by atoms with Crippen LogP contribution in [0.25, 0.3) is 21.3 Å². The van der Waals surface area contributed by atoms with Gasteiger partial charge in [-0.15, -0.1) is 11.3 Å². The first-order valence-corrected chi connectivity index (χ1v) is 15.8. The van der Waals surface area contributed by atoms with Gasteiger partial charge < -0.3 is 15.3 Å². The molecular formula is C31H31ClF4N4O4S. The maximum absolute atomic E-state index is 15.7. The lowest BCUT2D eigenvalue weighted by Crippen LogP contribution is -2.46. The summed E-state index contributed by atoms with van der Waals surface area (Å²) in [7, 11) is 0. The summed E-state index contributed by atoms with van der Waals surface area (Å²) in [5.41, 5.74) is 3.58. The van der Waals surface area contributed by atoms with Gasteiger partial charge in [-0.05, 0) is 67.6 Å². The van der Waals surface area contributed by atoms with Crippen LogP contribution in [0.4, 0.5) is 23.2 Å². The number of amides is 2. The Morgan fingerprint density at radius 1 is 1.13 bits per heavy atom. The molecule has 45 heavy (non-hydrogen) atoms. The van der Waals surface area contributed by atoms with Crippen LogP contribution in [0.1, 0.15) is 37.1 Å². The van der Waals surface area contributed by atoms with Crippen molar-refractivity contribution >= 4 is 56.6 Å². The van der Waals surface area contributed by atoms with Crippen LogP contribution in [0, 0.1) is 17.3 Å². The van der Waals surface area contributed by atoms with E-state index in [-0.39, 0.29) is 35.6 Å². The number of carbonyl (C=O) groups is 3. The van der Waals surface area contributed by atoms with E-state index >= 15 is 4.39 Å². The molecule has 1 aromatic carbocycles. The van der Waals surface area contributed by atoms with E-state index in [0.29, 0.717) is 37.5 Å². The minimum Gasteiger partial charge on any atom is -0.475 e. The summed E-state index contributed by atoms with van der Waals surface area (Å²) in [4.78, 5) is 43.9. The predicted octanol–water partition coefficient (Wildman–Crippen LogP) is 5.85. The number of thiophene rings is 1. The number of nitrogens with one attached hydrogen (secondary N) is 1. The number of hydrogen-bond donors (Lipinski definition) is 2. The van der Waals surface area contributed by atoms with Crippen LogP contribution in [0.5, 0.6) is 0 Å². The first-order valence-electron chi connectivity index (χ1n) is 14.6. The molecule has 2 saturated heterocycles. The standard InChI is InChI=1S/C29H30ClFN4O2S.C2HF3O2/c1-28(2)22-23(28)27(37)35(26(22)36)14-18-13-21-25(38-18)19(3-7-33-21)20-12-17(30)11-16-4-10-34(24(16)20)15-29(31)5-8-32-9-6-29;3-2(4,5)1(6)7/h3,7,11-13,22-23,32H,4-6,8-10,14-15H2,1-2H3;(H,6,7). The lowest BCUT2D eigenvalue weighted by molar-refractivity contribution is -0.192. The number of alkyl halides is 4. The van der Waals surface area contributed by atoms with E-state index in [2.05, 4.69) is 15.2 Å². The molecule has 2 aromatic heterocycles. The fourth-order valence-corrected chi connectivity index (χ4v) is 8.29. The number of rotatable bonds is 5. The normalized spacial score (nSPS) is 23.1. The third-order valence-electron chi connectivity index (χ3n) is 9.30. The third kappa shape index (κ3) is 5.78. The number of halogens is 5. The van der Waals surface area contributed by atoms with Gasteiger partial charge in [0.15, 0.2) is 0 Å². The molecule has 240 valence electrons. The van der Waals surface area contributed by atoms with Gasteiger partial charge in [-0.1, -0.05) is 25.4 Å². The summed E-state index contributed by atoms with van der Waals surface area (Å²) in [6.45, 7) is 6.81. The maximum atomic E-state index is 15.7. The number of piperidine rings is 2. The first-order chi connectivity index (χ1) is 21.1. The molecule has 0 spiro atoms. The highest BCUT2D eigenvalue weighted by atomic mass is 35.5. The van der Waals surface area contributed by atoms with Crippen LogP contribution < -0.4 is 10.2 Å². The second-order valence-corrected chi connectivity index (χ2v) is 14.2. The maximum Gasteiger partial charge on any atom is 0.490 e. The van der Waals surface area contributed by atoms with Crippen LogP contribution in [-0.4, -0.2) is 70.8 Å². The van der Waals surface area contributed by atoms with Crippen LogP contribution in [0.15, 0.2) is 30.5 Å². The van der Waals surface area contributed by atoms with Gasteiger partial charge in [0.1, 0.15) is 5.67 Å². The van der Waals surface area contributed by atoms with Gasteiger partial charge in [0, 0.05) is 39.5 Å². The van der Waals surface area contributed by atoms with Crippen LogP contribution in [0.2, 0.25) is 5.02 Å². The molecule has 0 radical (unpaired) electrons. The number of likely N-dealkylation sites (tertiary alicyclic amines) is 1. The van der Waals surface area contributed by atoms with E-state index in [1.165, 1.54) is 4.90 Å². The number of nitrogens with zero attached hydrogens (tertiary/aromatic N) is 3. The lowest BCUT2D eigenvalue weighted by atomic mass is 9.93. The highest BCUT2D eigenvalue weighted by Gasteiger charge is 2.72. The summed E-state index contributed by atoms with van der Waals surface area (Å²) in [6.07, 6.45) is -1.43. The van der Waals surface area contributed by atoms with E-state index in [1.807, 2.05) is 38.1 Å². The Hall–Kier alpha value is -3.29. The van der Waals surface area contributed by atoms with Gasteiger partial charge in [0.25, 0.3) is 0 Å². The summed E-state index contributed by atoms with van der Waals surface area (Å²) < 4.78 is 48.5. The zero-order valence-corrected chi connectivity index (χ0v) is 26.1. The van der Waals surface area contributed by atoms with Gasteiger partial charge in [0.2, 0.25) is 11.8 Å². The number of imide groups is 1. The number of aliphatic carboxylic acids is 1. The minimum atomic E-state index is -5.08. The molecule has 2 atom stereocenters. The molecule has 3 aromatic rings. The minimum absolute atomic E-state index is 0.0583. The molecule has 3 aliphatic heterocycles. The van der Waals surface area contributed by atoms with Crippen molar-refractivity contribution in [3.63, 3.8) is 0 Å². The quantitative estimate of drug-likeness (QED) is 0.260. The number of fused-ring (bicyclic) bond motifs is 3. The van der Waals surface area contributed by atoms with Gasteiger partial charge in [-0.3, -0.25) is 19.5 Å². The predicted molar refractivity (Wildman–Crippen MR) is 162 cm³/mol. The van der Waals surface area contributed by atoms with Crippen molar-refractivity contribution in [1.29, 1.82) is 0 Å². The van der Waals surface area contributed by atoms with Gasteiger partial charge in [0.05, 0.1) is 35.1 Å². The van der Waals surface area contributed by atoms with Crippen molar-refractivity contribution in [2.45, 2.75) is 51.5 Å². The largest absolute Gasteiger partial charge is 0.490 e. The zero-order chi connectivity index (χ0) is 32.5. The number of pyridine rings is 1. The Balaban J connectivity index is 0.000000460. The molecule has 4 aliphatic rings. The fourth-order valence-electron chi connectivity index (χ4n) is 6.92. The third-order valence-corrected chi connectivity index (χ3v) is 10.7. The van der Waals surface area contributed by atoms with E-state index in [0.717, 1.165) is 50.4 Å². The number of anilines is 1. The van der Waals surface area contributed by atoms with Crippen LogP contribution in [0.3, 0.4) is 0 Å². The number of benzene rings is 1. The summed E-state index contributed by atoms with van der Waals surface area (Å²) >= 11 is 8.15. The summed E-state index contributed by atoms with van der Waals surface area (Å²) in [5.74, 6) is -3.24. The Morgan fingerprint density at radius 2 is 1.78 bits per heavy atom.